The molecular formula is C3H6Cl2NOP. The molecule has 48 valence electrons. The van der Waals surface area contributed by atoms with Gasteiger partial charge in [0.15, 0.2) is 0 Å². The van der Waals surface area contributed by atoms with Crippen molar-refractivity contribution >= 4 is 28.7 Å². The second-order valence-electron chi connectivity index (χ2n) is 1.06. The molecule has 0 aromatic heterocycles. The van der Waals surface area contributed by atoms with Crippen LogP contribution in [0.25, 0.3) is 0 Å². The average Bonchev–Trinajstić information content (AvgIpc) is 1.67. The van der Waals surface area contributed by atoms with Gasteiger partial charge in [-0.1, -0.05) is 0 Å². The maximum atomic E-state index is 8.15. The fourth-order valence-electron chi connectivity index (χ4n) is 0.214. The quantitative estimate of drug-likeness (QED) is 0.602. The molecule has 0 saturated carbocycles. The molecule has 8 heavy (non-hydrogen) atoms. The van der Waals surface area contributed by atoms with Crippen molar-refractivity contribution in [2.45, 2.75) is 6.92 Å². The van der Waals surface area contributed by atoms with Crippen molar-refractivity contribution in [2.24, 2.45) is 0 Å². The topological polar surface area (TPSA) is 33.0 Å². The van der Waals surface area contributed by atoms with Gasteiger partial charge < -0.3 is 0 Å². The van der Waals surface area contributed by atoms with E-state index in [9.17, 15) is 0 Å². The molecule has 0 N–H and O–H groups in total. The van der Waals surface area contributed by atoms with Crippen LogP contribution >= 0.6 is 28.7 Å². The molecule has 0 amide bonds. The van der Waals surface area contributed by atoms with Gasteiger partial charge in [0.05, 0.1) is 0 Å². The van der Waals surface area contributed by atoms with Gasteiger partial charge in [-0.25, -0.2) is 0 Å². The Morgan fingerprint density at radius 2 is 2.25 bits per heavy atom. The van der Waals surface area contributed by atoms with Crippen molar-refractivity contribution in [1.82, 2.24) is 0 Å². The van der Waals surface area contributed by atoms with E-state index in [-0.39, 0.29) is 0 Å². The number of hydrogen-bond acceptors (Lipinski definition) is 2. The number of halogens is 2. The zero-order chi connectivity index (χ0) is 6.62. The fraction of sp³-hybridized carbons (Fsp3) is 0.667. The number of hydrogen-bond donors (Lipinski definition) is 0. The number of nitriles is 1. The minimum absolute atomic E-state index is 0.396. The van der Waals surface area contributed by atoms with Crippen molar-refractivity contribution in [3.8, 4) is 5.81 Å². The first-order valence-corrected chi connectivity index (χ1v) is 5.98. The fourth-order valence-corrected chi connectivity index (χ4v) is 1.30. The van der Waals surface area contributed by atoms with E-state index in [2.05, 4.69) is 4.52 Å². The van der Waals surface area contributed by atoms with E-state index in [0.717, 1.165) is 0 Å². The molecule has 0 heterocycles. The molecule has 0 spiro atoms. The third kappa shape index (κ3) is 3.46. The Morgan fingerprint density at radius 3 is 2.38 bits per heavy atom. The molecule has 0 aromatic rings. The van der Waals surface area contributed by atoms with Gasteiger partial charge in [-0.15, -0.1) is 0 Å². The van der Waals surface area contributed by atoms with Gasteiger partial charge in [0.25, 0.3) is 0 Å². The van der Waals surface area contributed by atoms with Crippen LogP contribution in [0.4, 0.5) is 0 Å². The van der Waals surface area contributed by atoms with Gasteiger partial charge in [-0.2, -0.15) is 0 Å². The number of rotatable bonds is 2. The minimum atomic E-state index is -2.93. The molecule has 0 radical (unpaired) electrons. The Kier molecular flexibility index (Phi) is 3.68. The molecule has 5 heteroatoms. The van der Waals surface area contributed by atoms with Gasteiger partial charge in [-0.3, -0.25) is 0 Å². The summed E-state index contributed by atoms with van der Waals surface area (Å²) >= 11 is 10.7. The zero-order valence-electron chi connectivity index (χ0n) is 4.32. The average molecular weight is 174 g/mol. The Labute approximate surface area is 58.3 Å². The van der Waals surface area contributed by atoms with Crippen LogP contribution in [0.15, 0.2) is 0 Å². The second kappa shape index (κ2) is 3.48. The van der Waals surface area contributed by atoms with E-state index in [1.165, 1.54) is 0 Å². The van der Waals surface area contributed by atoms with E-state index in [1.807, 2.05) is 0 Å². The zero-order valence-corrected chi connectivity index (χ0v) is 6.83. The Bertz CT molecular complexity index is 110. The summed E-state index contributed by atoms with van der Waals surface area (Å²) in [5, 5.41) is 8.15. The van der Waals surface area contributed by atoms with Crippen LogP contribution in [-0.2, 0) is 4.52 Å². The van der Waals surface area contributed by atoms with Crippen LogP contribution in [0.3, 0.4) is 0 Å². The molecule has 0 aliphatic carbocycles. The first-order valence-electron chi connectivity index (χ1n) is 2.05. The van der Waals surface area contributed by atoms with Crippen molar-refractivity contribution in [1.29, 1.82) is 5.26 Å². The van der Waals surface area contributed by atoms with Gasteiger partial charge in [-0.05, 0) is 0 Å². The summed E-state index contributed by atoms with van der Waals surface area (Å²) in [6.45, 7) is 2.14. The summed E-state index contributed by atoms with van der Waals surface area (Å²) in [6, 6.07) is 0. The Morgan fingerprint density at radius 1 is 1.75 bits per heavy atom. The summed E-state index contributed by atoms with van der Waals surface area (Å²) in [6.07, 6.45) is -2.93. The van der Waals surface area contributed by atoms with E-state index in [1.54, 1.807) is 12.7 Å². The molecule has 0 rings (SSSR count). The van der Waals surface area contributed by atoms with Crippen LogP contribution in [-0.4, -0.2) is 6.61 Å². The summed E-state index contributed by atoms with van der Waals surface area (Å²) in [5.74, 6) is 1.69. The van der Waals surface area contributed by atoms with E-state index in [4.69, 9.17) is 27.7 Å². The van der Waals surface area contributed by atoms with Crippen LogP contribution in [0, 0.1) is 11.1 Å². The third-order valence-corrected chi connectivity index (χ3v) is 2.53. The summed E-state index contributed by atoms with van der Waals surface area (Å²) in [7, 11) is 0. The molecule has 0 saturated heterocycles. The molecule has 0 aromatic carbocycles. The normalized spacial score (nSPS) is 12.8. The predicted molar refractivity (Wildman–Crippen MR) is 37.3 cm³/mol. The molecule has 0 aliphatic heterocycles. The van der Waals surface area contributed by atoms with Crippen LogP contribution in [0.5, 0.6) is 0 Å². The van der Waals surface area contributed by atoms with Crippen LogP contribution in [0.1, 0.15) is 6.92 Å². The first-order chi connectivity index (χ1) is 3.62. The van der Waals surface area contributed by atoms with Gasteiger partial charge >= 0.3 is 57.8 Å². The number of nitrogens with zero attached hydrogens (tertiary/aromatic N) is 1. The van der Waals surface area contributed by atoms with Crippen molar-refractivity contribution in [3.05, 3.63) is 0 Å². The maximum absolute atomic E-state index is 8.15. The molecule has 0 atom stereocenters. The van der Waals surface area contributed by atoms with E-state index in [0.29, 0.717) is 6.61 Å². The Balaban J connectivity index is 3.59. The first kappa shape index (κ1) is 8.46. The second-order valence-corrected chi connectivity index (χ2v) is 6.38. The Hall–Kier alpha value is 0.460. The molecule has 0 fully saturated rings. The third-order valence-electron chi connectivity index (χ3n) is 0.456. The predicted octanol–water partition coefficient (Wildman–Crippen LogP) is 2.48. The van der Waals surface area contributed by atoms with Crippen molar-refractivity contribution in [3.63, 3.8) is 0 Å². The van der Waals surface area contributed by atoms with Crippen LogP contribution < -0.4 is 0 Å². The van der Waals surface area contributed by atoms with Gasteiger partial charge in [0, 0.05) is 0 Å². The van der Waals surface area contributed by atoms with E-state index < -0.39 is 6.19 Å². The standard InChI is InChI=1S/C3H6Cl2NOP/c1-2-7-8(4,5)3-6/h8H,2H2,1H3. The summed E-state index contributed by atoms with van der Waals surface area (Å²) < 4.78 is 4.69. The molecule has 0 bridgehead atoms. The van der Waals surface area contributed by atoms with Crippen molar-refractivity contribution < 1.29 is 4.52 Å². The molecule has 0 aliphatic rings. The monoisotopic (exact) mass is 173 g/mol. The van der Waals surface area contributed by atoms with Gasteiger partial charge in [0.1, 0.15) is 0 Å². The van der Waals surface area contributed by atoms with E-state index >= 15 is 0 Å². The molecule has 0 unspecified atom stereocenters. The molecule has 2 nitrogen and oxygen atoms in total. The SMILES string of the molecule is CCO[PH](Cl)(Cl)C#N. The summed E-state index contributed by atoms with van der Waals surface area (Å²) in [5.41, 5.74) is 0. The van der Waals surface area contributed by atoms with Gasteiger partial charge in [0.2, 0.25) is 0 Å². The molecular weight excluding hydrogens is 168 g/mol. The van der Waals surface area contributed by atoms with Crippen LogP contribution in [0.2, 0.25) is 0 Å². The summed E-state index contributed by atoms with van der Waals surface area (Å²) in [4.78, 5) is 0. The van der Waals surface area contributed by atoms with Crippen molar-refractivity contribution in [2.75, 3.05) is 6.61 Å².